The summed E-state index contributed by atoms with van der Waals surface area (Å²) in [5.41, 5.74) is 5.20. The highest BCUT2D eigenvalue weighted by atomic mass is 19.3. The Morgan fingerprint density at radius 2 is 1.57 bits per heavy atom. The van der Waals surface area contributed by atoms with E-state index in [4.69, 9.17) is 14.2 Å². The van der Waals surface area contributed by atoms with Crippen molar-refractivity contribution in [2.45, 2.75) is 6.61 Å². The Kier molecular flexibility index (Phi) is 7.98. The minimum absolute atomic E-state index is 0.0816. The molecular formula is C20H20F2N2O6. The second kappa shape index (κ2) is 10.6. The molecule has 2 rings (SSSR count). The number of hydrogen-bond donors (Lipinski definition) is 2. The maximum absolute atomic E-state index is 12.4. The Balaban J connectivity index is 1.99. The molecule has 0 atom stereocenters. The van der Waals surface area contributed by atoms with Gasteiger partial charge in [0.05, 0.1) is 21.3 Å². The molecule has 2 aromatic carbocycles. The predicted octanol–water partition coefficient (Wildman–Crippen LogP) is 2.79. The maximum atomic E-state index is 12.4. The summed E-state index contributed by atoms with van der Waals surface area (Å²) in [6, 6.07) is 8.74. The van der Waals surface area contributed by atoms with Crippen molar-refractivity contribution < 1.29 is 37.3 Å². The molecule has 0 unspecified atom stereocenters. The van der Waals surface area contributed by atoms with Gasteiger partial charge < -0.3 is 18.9 Å². The van der Waals surface area contributed by atoms with Crippen LogP contribution in [0.1, 0.15) is 15.9 Å². The lowest BCUT2D eigenvalue weighted by molar-refractivity contribution is -0.117. The summed E-state index contributed by atoms with van der Waals surface area (Å²) in [4.78, 5) is 24.2. The van der Waals surface area contributed by atoms with E-state index in [2.05, 4.69) is 15.6 Å². The predicted molar refractivity (Wildman–Crippen MR) is 104 cm³/mol. The number of ether oxygens (including phenoxy) is 4. The Hall–Kier alpha value is -3.82. The van der Waals surface area contributed by atoms with E-state index in [9.17, 15) is 18.4 Å². The van der Waals surface area contributed by atoms with Crippen LogP contribution in [0.4, 0.5) is 8.78 Å². The van der Waals surface area contributed by atoms with Crippen LogP contribution in [0.3, 0.4) is 0 Å². The standard InChI is InChI=1S/C20H20F2N2O6/c1-27-14-9-13(10-15(11-14)28-2)19(26)24-23-18(25)7-5-12-4-6-16(30-20(21)22)17(8-12)29-3/h4-11,20H,1-3H3,(H,23,25)(H,24,26)/b7-5+. The van der Waals surface area contributed by atoms with Crippen LogP contribution in [0.5, 0.6) is 23.0 Å². The molecule has 0 aliphatic rings. The van der Waals surface area contributed by atoms with Gasteiger partial charge in [-0.2, -0.15) is 8.78 Å². The average molecular weight is 422 g/mol. The van der Waals surface area contributed by atoms with Gasteiger partial charge in [0.1, 0.15) is 11.5 Å². The van der Waals surface area contributed by atoms with Crippen molar-refractivity contribution in [3.63, 3.8) is 0 Å². The summed E-state index contributed by atoms with van der Waals surface area (Å²) in [6.45, 7) is -2.99. The Morgan fingerprint density at radius 3 is 2.13 bits per heavy atom. The molecule has 0 aliphatic heterocycles. The van der Waals surface area contributed by atoms with Gasteiger partial charge in [-0.3, -0.25) is 20.4 Å². The minimum Gasteiger partial charge on any atom is -0.497 e. The molecule has 0 fully saturated rings. The van der Waals surface area contributed by atoms with Crippen molar-refractivity contribution >= 4 is 17.9 Å². The molecule has 0 radical (unpaired) electrons. The average Bonchev–Trinajstić information content (AvgIpc) is 2.75. The van der Waals surface area contributed by atoms with E-state index < -0.39 is 18.4 Å². The number of hydrogen-bond acceptors (Lipinski definition) is 6. The number of benzene rings is 2. The van der Waals surface area contributed by atoms with Crippen LogP contribution < -0.4 is 29.8 Å². The van der Waals surface area contributed by atoms with Crippen LogP contribution in [-0.2, 0) is 4.79 Å². The fraction of sp³-hybridized carbons (Fsp3) is 0.200. The molecule has 0 saturated heterocycles. The first kappa shape index (κ1) is 22.5. The number of hydrazine groups is 1. The Bertz CT molecular complexity index is 911. The highest BCUT2D eigenvalue weighted by Gasteiger charge is 2.12. The van der Waals surface area contributed by atoms with Crippen molar-refractivity contribution in [1.82, 2.24) is 10.9 Å². The highest BCUT2D eigenvalue weighted by Crippen LogP contribution is 2.29. The summed E-state index contributed by atoms with van der Waals surface area (Å²) < 4.78 is 44.2. The second-order valence-electron chi connectivity index (χ2n) is 5.67. The van der Waals surface area contributed by atoms with Gasteiger partial charge in [-0.1, -0.05) is 6.07 Å². The number of nitrogens with one attached hydrogen (secondary N) is 2. The summed E-state index contributed by atoms with van der Waals surface area (Å²) in [7, 11) is 4.20. The van der Waals surface area contributed by atoms with Gasteiger partial charge in [0.15, 0.2) is 11.5 Å². The van der Waals surface area contributed by atoms with Gasteiger partial charge in [0.2, 0.25) is 0 Å². The van der Waals surface area contributed by atoms with Gasteiger partial charge in [-0.25, -0.2) is 0 Å². The zero-order chi connectivity index (χ0) is 22.1. The quantitative estimate of drug-likeness (QED) is 0.502. The first-order valence-corrected chi connectivity index (χ1v) is 8.50. The monoisotopic (exact) mass is 422 g/mol. The number of methoxy groups -OCH3 is 3. The van der Waals surface area contributed by atoms with E-state index in [0.29, 0.717) is 17.1 Å². The van der Waals surface area contributed by atoms with E-state index in [1.54, 1.807) is 6.07 Å². The smallest absolute Gasteiger partial charge is 0.387 e. The molecular weight excluding hydrogens is 402 g/mol. The number of amides is 2. The van der Waals surface area contributed by atoms with Crippen LogP contribution in [0.15, 0.2) is 42.5 Å². The van der Waals surface area contributed by atoms with E-state index in [0.717, 1.165) is 6.08 Å². The summed E-state index contributed by atoms with van der Waals surface area (Å²) in [5.74, 6) is -0.416. The first-order valence-electron chi connectivity index (χ1n) is 8.50. The highest BCUT2D eigenvalue weighted by molar-refractivity contribution is 5.98. The van der Waals surface area contributed by atoms with Crippen molar-refractivity contribution in [3.8, 4) is 23.0 Å². The lowest BCUT2D eigenvalue weighted by Crippen LogP contribution is -2.40. The molecule has 0 spiro atoms. The van der Waals surface area contributed by atoms with Gasteiger partial charge in [-0.15, -0.1) is 0 Å². The molecule has 0 aliphatic carbocycles. The first-order chi connectivity index (χ1) is 14.4. The third kappa shape index (κ3) is 6.36. The molecule has 0 saturated carbocycles. The normalized spacial score (nSPS) is 10.6. The molecule has 2 aromatic rings. The molecule has 0 aromatic heterocycles. The maximum Gasteiger partial charge on any atom is 0.387 e. The van der Waals surface area contributed by atoms with E-state index in [1.807, 2.05) is 0 Å². The molecule has 10 heteroatoms. The zero-order valence-corrected chi connectivity index (χ0v) is 16.4. The number of alkyl halides is 2. The molecule has 30 heavy (non-hydrogen) atoms. The van der Waals surface area contributed by atoms with E-state index in [-0.39, 0.29) is 17.1 Å². The Labute approximate surface area is 171 Å². The van der Waals surface area contributed by atoms with Gasteiger partial charge >= 0.3 is 6.61 Å². The fourth-order valence-electron chi connectivity index (χ4n) is 2.32. The fourth-order valence-corrected chi connectivity index (χ4v) is 2.32. The molecule has 0 heterocycles. The van der Waals surface area contributed by atoms with Crippen LogP contribution in [0.25, 0.3) is 6.08 Å². The van der Waals surface area contributed by atoms with Gasteiger partial charge in [-0.05, 0) is 35.9 Å². The molecule has 160 valence electrons. The number of rotatable bonds is 8. The lowest BCUT2D eigenvalue weighted by atomic mass is 10.2. The summed E-state index contributed by atoms with van der Waals surface area (Å²) in [6.07, 6.45) is 2.56. The molecule has 2 amide bonds. The number of halogens is 2. The van der Waals surface area contributed by atoms with Crippen molar-refractivity contribution in [2.75, 3.05) is 21.3 Å². The number of carbonyl (C=O) groups is 2. The van der Waals surface area contributed by atoms with Crippen molar-refractivity contribution in [2.24, 2.45) is 0 Å². The minimum atomic E-state index is -2.99. The summed E-state index contributed by atoms with van der Waals surface area (Å²) in [5, 5.41) is 0. The van der Waals surface area contributed by atoms with Gasteiger partial charge in [0.25, 0.3) is 11.8 Å². The Morgan fingerprint density at radius 1 is 0.900 bits per heavy atom. The third-order valence-electron chi connectivity index (χ3n) is 3.74. The van der Waals surface area contributed by atoms with Crippen LogP contribution >= 0.6 is 0 Å². The van der Waals surface area contributed by atoms with Crippen LogP contribution in [0.2, 0.25) is 0 Å². The van der Waals surface area contributed by atoms with Crippen molar-refractivity contribution in [3.05, 3.63) is 53.6 Å². The summed E-state index contributed by atoms with van der Waals surface area (Å²) >= 11 is 0. The molecule has 8 nitrogen and oxygen atoms in total. The second-order valence-corrected chi connectivity index (χ2v) is 5.67. The topological polar surface area (TPSA) is 95.1 Å². The number of carbonyl (C=O) groups excluding carboxylic acids is 2. The lowest BCUT2D eigenvalue weighted by Gasteiger charge is -2.10. The molecule has 2 N–H and O–H groups in total. The van der Waals surface area contributed by atoms with Crippen LogP contribution in [0, 0.1) is 0 Å². The van der Waals surface area contributed by atoms with Crippen molar-refractivity contribution in [1.29, 1.82) is 0 Å². The zero-order valence-electron chi connectivity index (χ0n) is 16.4. The SMILES string of the molecule is COc1cc(OC)cc(C(=O)NNC(=O)/C=C/c2ccc(OC(F)F)c(OC)c2)c1. The van der Waals surface area contributed by atoms with Crippen LogP contribution in [-0.4, -0.2) is 39.8 Å². The van der Waals surface area contributed by atoms with Gasteiger partial charge in [0, 0.05) is 17.7 Å². The van der Waals surface area contributed by atoms with E-state index in [1.165, 1.54) is 57.7 Å². The van der Waals surface area contributed by atoms with E-state index >= 15 is 0 Å². The third-order valence-corrected chi connectivity index (χ3v) is 3.74. The molecule has 0 bridgehead atoms. The largest absolute Gasteiger partial charge is 0.497 e.